The van der Waals surface area contributed by atoms with Crippen molar-refractivity contribution in [1.29, 1.82) is 0 Å². The van der Waals surface area contributed by atoms with E-state index in [1.807, 2.05) is 6.07 Å². The number of ether oxygens (including phenoxy) is 3. The summed E-state index contributed by atoms with van der Waals surface area (Å²) in [6.07, 6.45) is 2.52. The zero-order chi connectivity index (χ0) is 19.8. The number of hydrogen-bond donors (Lipinski definition) is 1. The van der Waals surface area contributed by atoms with Crippen LogP contribution in [0.4, 0.5) is 5.69 Å². The predicted molar refractivity (Wildman–Crippen MR) is 104 cm³/mol. The molecule has 0 saturated carbocycles. The number of carbonyl (C=O) groups is 2. The maximum atomic E-state index is 12.1. The van der Waals surface area contributed by atoms with Crippen LogP contribution in [0.2, 0.25) is 0 Å². The van der Waals surface area contributed by atoms with E-state index >= 15 is 0 Å². The van der Waals surface area contributed by atoms with Gasteiger partial charge in [0.2, 0.25) is 5.91 Å². The Hall–Kier alpha value is -3.28. The number of esters is 1. The fraction of sp³-hybridized carbons (Fsp3) is 0.238. The number of methoxy groups -OCH3 is 2. The third-order valence-electron chi connectivity index (χ3n) is 3.75. The van der Waals surface area contributed by atoms with E-state index in [4.69, 9.17) is 14.2 Å². The van der Waals surface area contributed by atoms with Crippen molar-refractivity contribution in [3.05, 3.63) is 59.7 Å². The molecule has 2 rings (SSSR count). The van der Waals surface area contributed by atoms with E-state index in [0.717, 1.165) is 11.1 Å². The van der Waals surface area contributed by atoms with Gasteiger partial charge in [0.1, 0.15) is 17.6 Å². The largest absolute Gasteiger partial charge is 0.497 e. The van der Waals surface area contributed by atoms with Crippen LogP contribution in [0.25, 0.3) is 6.08 Å². The van der Waals surface area contributed by atoms with Crippen molar-refractivity contribution in [2.45, 2.75) is 20.0 Å². The number of amides is 1. The van der Waals surface area contributed by atoms with E-state index in [9.17, 15) is 9.59 Å². The first-order valence-corrected chi connectivity index (χ1v) is 8.40. The van der Waals surface area contributed by atoms with Gasteiger partial charge in [-0.15, -0.1) is 0 Å². The van der Waals surface area contributed by atoms with Crippen LogP contribution >= 0.6 is 0 Å². The number of benzene rings is 2. The van der Waals surface area contributed by atoms with Gasteiger partial charge in [0.15, 0.2) is 0 Å². The van der Waals surface area contributed by atoms with Crippen molar-refractivity contribution in [3.8, 4) is 11.5 Å². The molecular weight excluding hydrogens is 346 g/mol. The van der Waals surface area contributed by atoms with Gasteiger partial charge < -0.3 is 19.5 Å². The summed E-state index contributed by atoms with van der Waals surface area (Å²) in [7, 11) is 3.13. The van der Waals surface area contributed by atoms with Gasteiger partial charge in [0.05, 0.1) is 14.2 Å². The molecule has 0 aliphatic rings. The van der Waals surface area contributed by atoms with Gasteiger partial charge in [-0.3, -0.25) is 4.79 Å². The van der Waals surface area contributed by atoms with Gasteiger partial charge in [-0.05, 0) is 48.4 Å². The molecule has 0 bridgehead atoms. The molecule has 1 amide bonds. The summed E-state index contributed by atoms with van der Waals surface area (Å²) in [6, 6.07) is 12.5. The molecule has 6 nitrogen and oxygen atoms in total. The highest BCUT2D eigenvalue weighted by molar-refractivity contribution is 5.89. The average molecular weight is 369 g/mol. The highest BCUT2D eigenvalue weighted by atomic mass is 16.5. The minimum absolute atomic E-state index is 0.159. The van der Waals surface area contributed by atoms with Crippen LogP contribution in [0.5, 0.6) is 11.5 Å². The van der Waals surface area contributed by atoms with Crippen molar-refractivity contribution in [2.24, 2.45) is 0 Å². The lowest BCUT2D eigenvalue weighted by molar-refractivity contribution is -0.142. The molecule has 27 heavy (non-hydrogen) atoms. The van der Waals surface area contributed by atoms with Crippen LogP contribution in [0, 0.1) is 0 Å². The smallest absolute Gasteiger partial charge is 0.331 e. The molecular formula is C21H23NO5. The number of anilines is 1. The molecule has 0 fully saturated rings. The van der Waals surface area contributed by atoms with E-state index in [2.05, 4.69) is 5.32 Å². The molecule has 0 spiro atoms. The maximum absolute atomic E-state index is 12.1. The van der Waals surface area contributed by atoms with Gasteiger partial charge in [-0.2, -0.15) is 0 Å². The molecule has 0 saturated heterocycles. The molecule has 2 aromatic rings. The van der Waals surface area contributed by atoms with Gasteiger partial charge >= 0.3 is 5.97 Å². The molecule has 1 atom stereocenters. The Morgan fingerprint density at radius 3 is 2.30 bits per heavy atom. The lowest BCUT2D eigenvalue weighted by Gasteiger charge is -2.13. The van der Waals surface area contributed by atoms with E-state index < -0.39 is 12.1 Å². The lowest BCUT2D eigenvalue weighted by Crippen LogP contribution is -2.08. The Morgan fingerprint density at radius 1 is 1.04 bits per heavy atom. The first-order chi connectivity index (χ1) is 12.9. The Labute approximate surface area is 158 Å². The molecule has 0 radical (unpaired) electrons. The van der Waals surface area contributed by atoms with E-state index in [1.54, 1.807) is 63.6 Å². The van der Waals surface area contributed by atoms with Crippen LogP contribution in [0.3, 0.4) is 0 Å². The monoisotopic (exact) mass is 369 g/mol. The van der Waals surface area contributed by atoms with Gasteiger partial charge in [0.25, 0.3) is 0 Å². The zero-order valence-electron chi connectivity index (χ0n) is 15.8. The third-order valence-corrected chi connectivity index (χ3v) is 3.75. The molecule has 0 heterocycles. The van der Waals surface area contributed by atoms with E-state index in [0.29, 0.717) is 17.2 Å². The molecule has 0 aromatic heterocycles. The normalized spacial score (nSPS) is 11.7. The molecule has 142 valence electrons. The van der Waals surface area contributed by atoms with Gasteiger partial charge in [0, 0.05) is 24.8 Å². The van der Waals surface area contributed by atoms with Crippen molar-refractivity contribution in [2.75, 3.05) is 19.5 Å². The van der Waals surface area contributed by atoms with Gasteiger partial charge in [-0.25, -0.2) is 4.79 Å². The highest BCUT2D eigenvalue weighted by Gasteiger charge is 2.11. The summed E-state index contributed by atoms with van der Waals surface area (Å²) in [5.41, 5.74) is 2.19. The zero-order valence-corrected chi connectivity index (χ0v) is 15.8. The summed E-state index contributed by atoms with van der Waals surface area (Å²) in [5, 5.41) is 2.70. The fourth-order valence-electron chi connectivity index (χ4n) is 2.44. The first-order valence-electron chi connectivity index (χ1n) is 8.40. The Balaban J connectivity index is 2.04. The SMILES string of the molecule is COc1cc(/C=C\C(=O)O[C@@H](C)c2cccc(NC(C)=O)c2)cc(OC)c1. The minimum atomic E-state index is -0.478. The lowest BCUT2D eigenvalue weighted by atomic mass is 10.1. The summed E-state index contributed by atoms with van der Waals surface area (Å²) >= 11 is 0. The Bertz CT molecular complexity index is 822. The second-order valence-electron chi connectivity index (χ2n) is 5.87. The van der Waals surface area contributed by atoms with Crippen LogP contribution in [0.15, 0.2) is 48.5 Å². The Kier molecular flexibility index (Phi) is 7.00. The van der Waals surface area contributed by atoms with Crippen molar-refractivity contribution in [3.63, 3.8) is 0 Å². The van der Waals surface area contributed by atoms with Crippen LogP contribution < -0.4 is 14.8 Å². The summed E-state index contributed by atoms with van der Waals surface area (Å²) in [6.45, 7) is 3.21. The number of hydrogen-bond acceptors (Lipinski definition) is 5. The highest BCUT2D eigenvalue weighted by Crippen LogP contribution is 2.24. The molecule has 0 aliphatic heterocycles. The predicted octanol–water partition coefficient (Wildman–Crippen LogP) is 3.98. The van der Waals surface area contributed by atoms with Crippen molar-refractivity contribution >= 4 is 23.6 Å². The molecule has 0 aliphatic carbocycles. The van der Waals surface area contributed by atoms with E-state index in [-0.39, 0.29) is 5.91 Å². The number of nitrogens with one attached hydrogen (secondary N) is 1. The molecule has 6 heteroatoms. The summed E-state index contributed by atoms with van der Waals surface area (Å²) < 4.78 is 15.8. The molecule has 2 aromatic carbocycles. The molecule has 0 unspecified atom stereocenters. The average Bonchev–Trinajstić information content (AvgIpc) is 2.65. The number of carbonyl (C=O) groups excluding carboxylic acids is 2. The summed E-state index contributed by atoms with van der Waals surface area (Å²) in [4.78, 5) is 23.3. The quantitative estimate of drug-likeness (QED) is 0.590. The maximum Gasteiger partial charge on any atom is 0.331 e. The number of rotatable bonds is 7. The van der Waals surface area contributed by atoms with Crippen LogP contribution in [0.1, 0.15) is 31.1 Å². The standard InChI is InChI=1S/C21H23NO5/c1-14(17-6-5-7-18(12-17)22-15(2)23)27-21(24)9-8-16-10-19(25-3)13-20(11-16)26-4/h5-14H,1-4H3,(H,22,23)/b9-8-/t14-/m0/s1. The second-order valence-corrected chi connectivity index (χ2v) is 5.87. The second kappa shape index (κ2) is 9.43. The van der Waals surface area contributed by atoms with Crippen LogP contribution in [-0.2, 0) is 14.3 Å². The third kappa shape index (κ3) is 6.18. The molecule has 1 N–H and O–H groups in total. The topological polar surface area (TPSA) is 73.9 Å². The van der Waals surface area contributed by atoms with E-state index in [1.165, 1.54) is 13.0 Å². The van der Waals surface area contributed by atoms with Crippen molar-refractivity contribution < 1.29 is 23.8 Å². The fourth-order valence-corrected chi connectivity index (χ4v) is 2.44. The van der Waals surface area contributed by atoms with Crippen molar-refractivity contribution in [1.82, 2.24) is 0 Å². The van der Waals surface area contributed by atoms with Crippen LogP contribution in [-0.4, -0.2) is 26.1 Å². The summed E-state index contributed by atoms with van der Waals surface area (Å²) in [5.74, 6) is 0.624. The minimum Gasteiger partial charge on any atom is -0.497 e. The van der Waals surface area contributed by atoms with Gasteiger partial charge in [-0.1, -0.05) is 12.1 Å². The first kappa shape index (κ1) is 20.0. The Morgan fingerprint density at radius 2 is 1.70 bits per heavy atom.